The summed E-state index contributed by atoms with van der Waals surface area (Å²) in [5.74, 6) is 0. The molecule has 0 unspecified atom stereocenters. The zero-order valence-corrected chi connectivity index (χ0v) is 23.2. The Balaban J connectivity index is 1.15. The summed E-state index contributed by atoms with van der Waals surface area (Å²) in [7, 11) is 0. The quantitative estimate of drug-likeness (QED) is 0.268. The Labute approximate surface area is 219 Å². The molecule has 0 saturated heterocycles. The molecule has 0 bridgehead atoms. The van der Waals surface area contributed by atoms with E-state index < -0.39 is 0 Å². The summed E-state index contributed by atoms with van der Waals surface area (Å²) in [6.45, 7) is 8.67. The summed E-state index contributed by atoms with van der Waals surface area (Å²) in [5.41, 5.74) is 5.32. The molecule has 0 fully saturated rings. The third-order valence-corrected chi connectivity index (χ3v) is 8.30. The summed E-state index contributed by atoms with van der Waals surface area (Å²) in [6.07, 6.45) is 13.5. The summed E-state index contributed by atoms with van der Waals surface area (Å²) in [5, 5.41) is 5.07. The monoisotopic (exact) mass is 509 g/mol. The number of fused-ring (bicyclic) bond motifs is 2. The normalized spacial score (nSPS) is 14.1. The molecule has 2 heterocycles. The molecule has 0 amide bonds. The molecule has 0 aliphatic heterocycles. The summed E-state index contributed by atoms with van der Waals surface area (Å²) in [6, 6.07) is 8.73. The van der Waals surface area contributed by atoms with Gasteiger partial charge in [0.1, 0.15) is 0 Å². The molecule has 1 aliphatic carbocycles. The van der Waals surface area contributed by atoms with Gasteiger partial charge in [-0.2, -0.15) is 0 Å². The number of pyridine rings is 1. The van der Waals surface area contributed by atoms with E-state index in [9.17, 15) is 4.79 Å². The van der Waals surface area contributed by atoms with Crippen molar-refractivity contribution in [1.29, 1.82) is 0 Å². The molecular weight excluding hydrogens is 466 g/mol. The highest BCUT2D eigenvalue weighted by atomic mass is 32.1. The predicted molar refractivity (Wildman–Crippen MR) is 152 cm³/mol. The number of aromatic nitrogens is 3. The highest BCUT2D eigenvalue weighted by Gasteiger charge is 2.17. The van der Waals surface area contributed by atoms with Crippen LogP contribution >= 0.6 is 11.5 Å². The molecule has 1 aliphatic rings. The van der Waals surface area contributed by atoms with E-state index in [1.54, 1.807) is 3.96 Å². The first-order chi connectivity index (χ1) is 17.6. The van der Waals surface area contributed by atoms with Crippen LogP contribution in [0.15, 0.2) is 34.1 Å². The second-order valence-corrected chi connectivity index (χ2v) is 11.2. The molecule has 3 aromatic rings. The summed E-state index contributed by atoms with van der Waals surface area (Å²) in [4.78, 5) is 23.0. The van der Waals surface area contributed by atoms with Crippen molar-refractivity contribution in [3.05, 3.63) is 50.8 Å². The Morgan fingerprint density at radius 3 is 2.53 bits per heavy atom. The SMILES string of the molecule is CCn1sc(=NCCCCCCCCCNc2c3c(nc4ccccc24)CCCC3)n(C(C)C)c1=O. The second-order valence-electron chi connectivity index (χ2n) is 10.2. The van der Waals surface area contributed by atoms with Crippen molar-refractivity contribution in [2.24, 2.45) is 4.99 Å². The number of hydrogen-bond acceptors (Lipinski definition) is 5. The molecule has 4 rings (SSSR count). The topological polar surface area (TPSA) is 64.2 Å². The van der Waals surface area contributed by atoms with Gasteiger partial charge in [-0.15, -0.1) is 0 Å². The number of benzene rings is 1. The van der Waals surface area contributed by atoms with Crippen molar-refractivity contribution in [3.63, 3.8) is 0 Å². The molecule has 36 heavy (non-hydrogen) atoms. The maximum atomic E-state index is 12.4. The van der Waals surface area contributed by atoms with Gasteiger partial charge in [0.2, 0.25) is 4.80 Å². The van der Waals surface area contributed by atoms with E-state index in [-0.39, 0.29) is 11.7 Å². The van der Waals surface area contributed by atoms with Crippen LogP contribution in [0, 0.1) is 0 Å². The summed E-state index contributed by atoms with van der Waals surface area (Å²) < 4.78 is 3.62. The standard InChI is InChI=1S/C29H43N5OS/c1-4-33-29(35)34(22(2)3)28(36-33)31-21-15-9-7-5-6-8-14-20-30-27-23-16-10-12-18-25(23)32-26-19-13-11-17-24(26)27/h10,12,16,18,22H,4-9,11,13-15,17,19-21H2,1-3H3,(H,30,32). The van der Waals surface area contributed by atoms with Gasteiger partial charge >= 0.3 is 5.69 Å². The fourth-order valence-electron chi connectivity index (χ4n) is 5.21. The van der Waals surface area contributed by atoms with Crippen molar-refractivity contribution in [2.45, 2.75) is 104 Å². The molecule has 1 N–H and O–H groups in total. The van der Waals surface area contributed by atoms with Gasteiger partial charge in [0.05, 0.1) is 5.52 Å². The molecule has 196 valence electrons. The second kappa shape index (κ2) is 13.2. The van der Waals surface area contributed by atoms with Crippen LogP contribution in [0.5, 0.6) is 0 Å². The van der Waals surface area contributed by atoms with Crippen LogP contribution in [-0.2, 0) is 19.4 Å². The fraction of sp³-hybridized carbons (Fsp3) is 0.621. The largest absolute Gasteiger partial charge is 0.384 e. The van der Waals surface area contributed by atoms with Crippen LogP contribution < -0.4 is 15.8 Å². The maximum absolute atomic E-state index is 12.4. The molecule has 0 saturated carbocycles. The molecular formula is C29H43N5OS. The Morgan fingerprint density at radius 2 is 1.75 bits per heavy atom. The van der Waals surface area contributed by atoms with Gasteiger partial charge in [-0.05, 0) is 82.5 Å². The Morgan fingerprint density at radius 1 is 1.03 bits per heavy atom. The van der Waals surface area contributed by atoms with E-state index >= 15 is 0 Å². The smallest absolute Gasteiger partial charge is 0.340 e. The van der Waals surface area contributed by atoms with Crippen molar-refractivity contribution < 1.29 is 0 Å². The third-order valence-electron chi connectivity index (χ3n) is 7.17. The lowest BCUT2D eigenvalue weighted by atomic mass is 9.92. The molecule has 1 aromatic carbocycles. The van der Waals surface area contributed by atoms with Gasteiger partial charge in [-0.1, -0.05) is 50.3 Å². The fourth-order valence-corrected chi connectivity index (χ4v) is 6.23. The van der Waals surface area contributed by atoms with Crippen molar-refractivity contribution in [3.8, 4) is 0 Å². The van der Waals surface area contributed by atoms with Crippen molar-refractivity contribution in [2.75, 3.05) is 18.4 Å². The van der Waals surface area contributed by atoms with Crippen LogP contribution in [-0.4, -0.2) is 26.6 Å². The number of para-hydroxylation sites is 1. The number of rotatable bonds is 13. The van der Waals surface area contributed by atoms with Gasteiger partial charge in [0.25, 0.3) is 0 Å². The lowest BCUT2D eigenvalue weighted by Gasteiger charge is -2.21. The molecule has 0 radical (unpaired) electrons. The van der Waals surface area contributed by atoms with Gasteiger partial charge in [-0.25, -0.2) is 8.75 Å². The number of hydrogen-bond donors (Lipinski definition) is 1. The molecule has 7 heteroatoms. The van der Waals surface area contributed by atoms with Gasteiger partial charge in [0.15, 0.2) is 0 Å². The third kappa shape index (κ3) is 6.47. The van der Waals surface area contributed by atoms with E-state index in [2.05, 4.69) is 43.4 Å². The lowest BCUT2D eigenvalue weighted by molar-refractivity contribution is 0.536. The minimum Gasteiger partial charge on any atom is -0.384 e. The minimum atomic E-state index is 0.0720. The van der Waals surface area contributed by atoms with Gasteiger partial charge < -0.3 is 5.32 Å². The number of aryl methyl sites for hydroxylation is 2. The van der Waals surface area contributed by atoms with Crippen LogP contribution in [0.1, 0.15) is 95.9 Å². The Kier molecular flexibility index (Phi) is 9.79. The first-order valence-corrected chi connectivity index (χ1v) is 14.8. The number of nitrogens with one attached hydrogen (secondary N) is 1. The zero-order chi connectivity index (χ0) is 25.3. The first kappa shape index (κ1) is 26.6. The van der Waals surface area contributed by atoms with Crippen molar-refractivity contribution >= 4 is 28.1 Å². The van der Waals surface area contributed by atoms with E-state index in [1.807, 2.05) is 11.5 Å². The minimum absolute atomic E-state index is 0.0720. The predicted octanol–water partition coefficient (Wildman–Crippen LogP) is 6.48. The van der Waals surface area contributed by atoms with E-state index in [1.165, 1.54) is 85.2 Å². The molecule has 0 spiro atoms. The van der Waals surface area contributed by atoms with Crippen LogP contribution in [0.3, 0.4) is 0 Å². The molecule has 6 nitrogen and oxygen atoms in total. The summed E-state index contributed by atoms with van der Waals surface area (Å²) >= 11 is 1.49. The maximum Gasteiger partial charge on any atom is 0.340 e. The highest BCUT2D eigenvalue weighted by molar-refractivity contribution is 7.03. The number of unbranched alkanes of at least 4 members (excludes halogenated alkanes) is 6. The van der Waals surface area contributed by atoms with E-state index in [0.29, 0.717) is 6.54 Å². The average Bonchev–Trinajstić information content (AvgIpc) is 3.21. The molecule has 2 aromatic heterocycles. The Bertz CT molecular complexity index is 1250. The highest BCUT2D eigenvalue weighted by Crippen LogP contribution is 2.33. The molecule has 0 atom stereocenters. The van der Waals surface area contributed by atoms with Crippen LogP contribution in [0.25, 0.3) is 10.9 Å². The lowest BCUT2D eigenvalue weighted by Crippen LogP contribution is -2.31. The van der Waals surface area contributed by atoms with Gasteiger partial charge in [-0.3, -0.25) is 14.5 Å². The first-order valence-electron chi connectivity index (χ1n) is 14.1. The van der Waals surface area contributed by atoms with Crippen LogP contribution in [0.4, 0.5) is 5.69 Å². The van der Waals surface area contributed by atoms with Crippen LogP contribution in [0.2, 0.25) is 0 Å². The Hall–Kier alpha value is -2.41. The number of anilines is 1. The van der Waals surface area contributed by atoms with E-state index in [0.717, 1.165) is 42.7 Å². The van der Waals surface area contributed by atoms with Crippen molar-refractivity contribution in [1.82, 2.24) is 13.5 Å². The van der Waals surface area contributed by atoms with Gasteiger partial charge in [0, 0.05) is 42.4 Å². The zero-order valence-electron chi connectivity index (χ0n) is 22.4. The van der Waals surface area contributed by atoms with E-state index in [4.69, 9.17) is 9.98 Å². The number of nitrogens with zero attached hydrogens (tertiary/aromatic N) is 4. The average molecular weight is 510 g/mol.